The number of aromatic nitrogens is 3. The van der Waals surface area contributed by atoms with E-state index in [0.717, 1.165) is 23.1 Å². The summed E-state index contributed by atoms with van der Waals surface area (Å²) in [5, 5.41) is 9.96. The third kappa shape index (κ3) is 4.70. The molecule has 0 fully saturated rings. The van der Waals surface area contributed by atoms with E-state index >= 15 is 0 Å². The lowest BCUT2D eigenvalue weighted by molar-refractivity contribution is -0.113. The lowest BCUT2D eigenvalue weighted by Crippen LogP contribution is -2.16. The highest BCUT2D eigenvalue weighted by Crippen LogP contribution is 2.29. The maximum Gasteiger partial charge on any atom is 0.341 e. The van der Waals surface area contributed by atoms with E-state index in [0.29, 0.717) is 15.7 Å². The van der Waals surface area contributed by atoms with Crippen molar-refractivity contribution in [3.8, 4) is 0 Å². The Kier molecular flexibility index (Phi) is 5.99. The largest absolute Gasteiger partial charge is 0.462 e. The molecule has 0 atom stereocenters. The number of nitrogens with two attached hydrogens (primary N) is 1. The van der Waals surface area contributed by atoms with Gasteiger partial charge in [-0.2, -0.15) is 4.98 Å². The van der Waals surface area contributed by atoms with Crippen LogP contribution in [0.25, 0.3) is 0 Å². The predicted octanol–water partition coefficient (Wildman–Crippen LogP) is 1.92. The molecule has 0 bridgehead atoms. The van der Waals surface area contributed by atoms with Gasteiger partial charge in [0.25, 0.3) is 0 Å². The monoisotopic (exact) mass is 355 g/mol. The second kappa shape index (κ2) is 7.97. The van der Waals surface area contributed by atoms with Crippen LogP contribution in [-0.4, -0.2) is 39.4 Å². The standard InChI is InChI=1S/C13H17N5O3S2/c1-3-7-5-8(11(20)21-4-2)10(23-7)15-9(19)6-22-13-16-12(14)17-18-13/h5H,3-4,6H2,1-2H3,(H,15,19)(H3,14,16,17,18). The minimum atomic E-state index is -0.437. The molecule has 0 aliphatic rings. The average molecular weight is 355 g/mol. The number of esters is 1. The number of carbonyl (C=O) groups is 2. The zero-order chi connectivity index (χ0) is 16.8. The van der Waals surface area contributed by atoms with Gasteiger partial charge < -0.3 is 15.8 Å². The summed E-state index contributed by atoms with van der Waals surface area (Å²) in [5.74, 6) is -0.385. The van der Waals surface area contributed by atoms with Crippen LogP contribution in [0.3, 0.4) is 0 Å². The van der Waals surface area contributed by atoms with E-state index < -0.39 is 5.97 Å². The maximum absolute atomic E-state index is 12.0. The number of rotatable bonds is 7. The van der Waals surface area contributed by atoms with Gasteiger partial charge in [0.1, 0.15) is 5.00 Å². The van der Waals surface area contributed by atoms with Crippen LogP contribution < -0.4 is 11.1 Å². The molecule has 0 aliphatic carbocycles. The number of H-pyrrole nitrogens is 1. The zero-order valence-corrected chi connectivity index (χ0v) is 14.3. The van der Waals surface area contributed by atoms with Crippen LogP contribution in [0.4, 0.5) is 10.9 Å². The first-order chi connectivity index (χ1) is 11.0. The van der Waals surface area contributed by atoms with Crippen LogP contribution in [0.2, 0.25) is 0 Å². The highest BCUT2D eigenvalue weighted by atomic mass is 32.2. The first-order valence-corrected chi connectivity index (χ1v) is 8.74. The van der Waals surface area contributed by atoms with Crippen LogP contribution in [-0.2, 0) is 16.0 Å². The topological polar surface area (TPSA) is 123 Å². The first-order valence-electron chi connectivity index (χ1n) is 6.93. The Balaban J connectivity index is 2.01. The van der Waals surface area contributed by atoms with Crippen LogP contribution in [0.1, 0.15) is 29.1 Å². The summed E-state index contributed by atoms with van der Waals surface area (Å²) in [5.41, 5.74) is 5.80. The van der Waals surface area contributed by atoms with Gasteiger partial charge in [-0.1, -0.05) is 18.7 Å². The molecule has 2 rings (SSSR count). The van der Waals surface area contributed by atoms with Crippen molar-refractivity contribution in [3.05, 3.63) is 16.5 Å². The number of anilines is 2. The molecule has 2 aromatic rings. The smallest absolute Gasteiger partial charge is 0.341 e. The molecule has 1 amide bonds. The van der Waals surface area contributed by atoms with Gasteiger partial charge in [-0.15, -0.1) is 16.4 Å². The van der Waals surface area contributed by atoms with Gasteiger partial charge in [-0.05, 0) is 19.4 Å². The summed E-state index contributed by atoms with van der Waals surface area (Å²) in [7, 11) is 0. The van der Waals surface area contributed by atoms with E-state index in [9.17, 15) is 9.59 Å². The number of ether oxygens (including phenoxy) is 1. The number of thiophene rings is 1. The van der Waals surface area contributed by atoms with Crippen molar-refractivity contribution in [1.82, 2.24) is 15.2 Å². The molecular weight excluding hydrogens is 338 g/mol. The van der Waals surface area contributed by atoms with E-state index in [4.69, 9.17) is 10.5 Å². The number of carbonyl (C=O) groups excluding carboxylic acids is 2. The Bertz CT molecular complexity index is 698. The number of nitrogens with zero attached hydrogens (tertiary/aromatic N) is 2. The second-order valence-electron chi connectivity index (χ2n) is 4.37. The van der Waals surface area contributed by atoms with Crippen molar-refractivity contribution in [2.45, 2.75) is 25.4 Å². The Morgan fingerprint density at radius 3 is 2.87 bits per heavy atom. The molecule has 0 unspecified atom stereocenters. The van der Waals surface area contributed by atoms with Crippen molar-refractivity contribution < 1.29 is 14.3 Å². The third-order valence-electron chi connectivity index (χ3n) is 2.69. The van der Waals surface area contributed by atoms with Crippen LogP contribution in [0, 0.1) is 0 Å². The third-order valence-corrected chi connectivity index (χ3v) is 4.74. The Hall–Kier alpha value is -2.07. The average Bonchev–Trinajstić information content (AvgIpc) is 3.11. The number of aromatic amines is 1. The van der Waals surface area contributed by atoms with Crippen LogP contribution in [0.15, 0.2) is 11.2 Å². The van der Waals surface area contributed by atoms with Gasteiger partial charge in [0.15, 0.2) is 0 Å². The summed E-state index contributed by atoms with van der Waals surface area (Å²) in [4.78, 5) is 28.9. The number of nitrogens with one attached hydrogen (secondary N) is 2. The molecule has 124 valence electrons. The van der Waals surface area contributed by atoms with Crippen molar-refractivity contribution in [2.75, 3.05) is 23.4 Å². The van der Waals surface area contributed by atoms with Crippen molar-refractivity contribution in [2.24, 2.45) is 0 Å². The summed E-state index contributed by atoms with van der Waals surface area (Å²) >= 11 is 2.52. The molecule has 0 aromatic carbocycles. The molecule has 0 saturated heterocycles. The summed E-state index contributed by atoms with van der Waals surface area (Å²) in [6, 6.07) is 1.75. The Morgan fingerprint density at radius 2 is 2.26 bits per heavy atom. The highest BCUT2D eigenvalue weighted by Gasteiger charge is 2.19. The molecule has 8 nitrogen and oxygen atoms in total. The number of hydrogen-bond donors (Lipinski definition) is 3. The van der Waals surface area contributed by atoms with Crippen molar-refractivity contribution >= 4 is 45.9 Å². The van der Waals surface area contributed by atoms with E-state index in [1.165, 1.54) is 11.3 Å². The molecule has 2 heterocycles. The van der Waals surface area contributed by atoms with Gasteiger partial charge in [0, 0.05) is 4.88 Å². The normalized spacial score (nSPS) is 10.5. The second-order valence-corrected chi connectivity index (χ2v) is 6.45. The predicted molar refractivity (Wildman–Crippen MR) is 89.8 cm³/mol. The molecule has 0 aliphatic heterocycles. The lowest BCUT2D eigenvalue weighted by atomic mass is 10.2. The van der Waals surface area contributed by atoms with Crippen molar-refractivity contribution in [3.63, 3.8) is 0 Å². The maximum atomic E-state index is 12.0. The molecule has 10 heteroatoms. The van der Waals surface area contributed by atoms with Gasteiger partial charge in [-0.25, -0.2) is 9.89 Å². The SMILES string of the molecule is CCOC(=O)c1cc(CC)sc1NC(=O)CSc1n[nH]c(N)n1. The van der Waals surface area contributed by atoms with Gasteiger partial charge in [-0.3, -0.25) is 4.79 Å². The molecule has 0 spiro atoms. The molecule has 23 heavy (non-hydrogen) atoms. The van der Waals surface area contributed by atoms with Gasteiger partial charge in [0.2, 0.25) is 17.0 Å². The fourth-order valence-corrected chi connectivity index (χ4v) is 3.29. The van der Waals surface area contributed by atoms with E-state index in [2.05, 4.69) is 20.5 Å². The van der Waals surface area contributed by atoms with Gasteiger partial charge in [0.05, 0.1) is 17.9 Å². The van der Waals surface area contributed by atoms with E-state index in [1.54, 1.807) is 13.0 Å². The fourth-order valence-electron chi connectivity index (χ4n) is 1.69. The van der Waals surface area contributed by atoms with Crippen LogP contribution in [0.5, 0.6) is 0 Å². The number of aryl methyl sites for hydroxylation is 1. The number of thioether (sulfide) groups is 1. The number of amides is 1. The van der Waals surface area contributed by atoms with E-state index in [1.807, 2.05) is 6.92 Å². The summed E-state index contributed by atoms with van der Waals surface area (Å²) in [6.45, 7) is 4.00. The molecule has 0 radical (unpaired) electrons. The Morgan fingerprint density at radius 1 is 1.48 bits per heavy atom. The highest BCUT2D eigenvalue weighted by molar-refractivity contribution is 7.99. The van der Waals surface area contributed by atoms with Crippen molar-refractivity contribution in [1.29, 1.82) is 0 Å². The first kappa shape index (κ1) is 17.3. The molecular formula is C13H17N5O3S2. The quantitative estimate of drug-likeness (QED) is 0.512. The minimum Gasteiger partial charge on any atom is -0.462 e. The zero-order valence-electron chi connectivity index (χ0n) is 12.7. The van der Waals surface area contributed by atoms with E-state index in [-0.39, 0.29) is 24.2 Å². The fraction of sp³-hybridized carbons (Fsp3) is 0.385. The molecule has 2 aromatic heterocycles. The number of hydrogen-bond acceptors (Lipinski definition) is 8. The Labute approximate surface area is 141 Å². The minimum absolute atomic E-state index is 0.110. The van der Waals surface area contributed by atoms with Gasteiger partial charge >= 0.3 is 5.97 Å². The van der Waals surface area contributed by atoms with Crippen LogP contribution >= 0.6 is 23.1 Å². The molecule has 4 N–H and O–H groups in total. The summed E-state index contributed by atoms with van der Waals surface area (Å²) < 4.78 is 5.01. The molecule has 0 saturated carbocycles. The number of nitrogen functional groups attached to an aromatic ring is 1. The lowest BCUT2D eigenvalue weighted by Gasteiger charge is -2.05. The summed E-state index contributed by atoms with van der Waals surface area (Å²) in [6.07, 6.45) is 0.776.